The molecule has 0 bridgehead atoms. The highest BCUT2D eigenvalue weighted by atomic mass is 32.1. The van der Waals surface area contributed by atoms with Crippen LogP contribution in [0.1, 0.15) is 16.7 Å². The van der Waals surface area contributed by atoms with Crippen molar-refractivity contribution in [3.8, 4) is 5.75 Å². The summed E-state index contributed by atoms with van der Waals surface area (Å²) in [7, 11) is 0. The monoisotopic (exact) mass is 212 g/mol. The molecule has 76 valence electrons. The standard InChI is InChI=1S/C10H12O3S/c1-3-13-8-6-7(2)14-9(8)4-5-10(11)12/h4-6H,3H2,1-2H3,(H,11,12)/b5-4+. The highest BCUT2D eigenvalue weighted by Crippen LogP contribution is 2.30. The van der Waals surface area contributed by atoms with Crippen LogP contribution < -0.4 is 4.74 Å². The number of carboxylic acids is 1. The molecule has 0 atom stereocenters. The summed E-state index contributed by atoms with van der Waals surface area (Å²) < 4.78 is 5.36. The zero-order chi connectivity index (χ0) is 10.6. The number of rotatable bonds is 4. The fraction of sp³-hybridized carbons (Fsp3) is 0.300. The van der Waals surface area contributed by atoms with Gasteiger partial charge in [0.05, 0.1) is 11.5 Å². The van der Waals surface area contributed by atoms with Crippen LogP contribution in [0.5, 0.6) is 5.75 Å². The Hall–Kier alpha value is -1.29. The molecule has 3 nitrogen and oxygen atoms in total. The van der Waals surface area contributed by atoms with Crippen molar-refractivity contribution in [3.05, 3.63) is 21.9 Å². The van der Waals surface area contributed by atoms with E-state index in [0.29, 0.717) is 6.61 Å². The Morgan fingerprint density at radius 3 is 3.00 bits per heavy atom. The molecule has 1 N–H and O–H groups in total. The number of carbonyl (C=O) groups is 1. The first-order valence-electron chi connectivity index (χ1n) is 4.27. The van der Waals surface area contributed by atoms with Crippen molar-refractivity contribution in [1.29, 1.82) is 0 Å². The fourth-order valence-corrected chi connectivity index (χ4v) is 1.91. The summed E-state index contributed by atoms with van der Waals surface area (Å²) in [5, 5.41) is 8.48. The predicted molar refractivity (Wildman–Crippen MR) is 56.9 cm³/mol. The summed E-state index contributed by atoms with van der Waals surface area (Å²) in [6.07, 6.45) is 2.68. The van der Waals surface area contributed by atoms with Crippen LogP contribution in [-0.4, -0.2) is 17.7 Å². The zero-order valence-electron chi connectivity index (χ0n) is 8.11. The number of carboxylic acid groups (broad SMARTS) is 1. The maximum absolute atomic E-state index is 10.3. The molecule has 0 amide bonds. The second-order valence-corrected chi connectivity index (χ2v) is 3.98. The minimum atomic E-state index is -0.946. The molecule has 0 aliphatic rings. The maximum atomic E-state index is 10.3. The molecule has 0 aromatic carbocycles. The Labute approximate surface area is 86.6 Å². The van der Waals surface area contributed by atoms with Crippen LogP contribution in [0.15, 0.2) is 12.1 Å². The lowest BCUT2D eigenvalue weighted by atomic mass is 10.3. The van der Waals surface area contributed by atoms with Gasteiger partial charge in [0.1, 0.15) is 5.75 Å². The summed E-state index contributed by atoms with van der Waals surface area (Å²) in [5.41, 5.74) is 0. The molecule has 0 aliphatic carbocycles. The topological polar surface area (TPSA) is 46.5 Å². The van der Waals surface area contributed by atoms with E-state index in [1.807, 2.05) is 19.9 Å². The average Bonchev–Trinajstić information content (AvgIpc) is 2.44. The van der Waals surface area contributed by atoms with Crippen LogP contribution >= 0.6 is 11.3 Å². The normalized spacial score (nSPS) is 10.7. The van der Waals surface area contributed by atoms with Crippen molar-refractivity contribution < 1.29 is 14.6 Å². The summed E-state index contributed by atoms with van der Waals surface area (Å²) >= 11 is 1.52. The molecule has 1 aromatic heterocycles. The number of hydrogen-bond acceptors (Lipinski definition) is 3. The van der Waals surface area contributed by atoms with Gasteiger partial charge in [-0.2, -0.15) is 0 Å². The minimum absolute atomic E-state index is 0.587. The molecule has 0 aliphatic heterocycles. The van der Waals surface area contributed by atoms with Crippen LogP contribution in [0, 0.1) is 6.92 Å². The zero-order valence-corrected chi connectivity index (χ0v) is 8.93. The molecule has 14 heavy (non-hydrogen) atoms. The highest BCUT2D eigenvalue weighted by Gasteiger charge is 2.04. The quantitative estimate of drug-likeness (QED) is 0.780. The van der Waals surface area contributed by atoms with E-state index in [2.05, 4.69) is 0 Å². The predicted octanol–water partition coefficient (Wildman–Crippen LogP) is 2.55. The van der Waals surface area contributed by atoms with E-state index in [-0.39, 0.29) is 0 Å². The van der Waals surface area contributed by atoms with E-state index in [1.165, 1.54) is 11.3 Å². The Morgan fingerprint density at radius 2 is 2.43 bits per heavy atom. The Kier molecular flexibility index (Phi) is 3.71. The Morgan fingerprint density at radius 1 is 1.71 bits per heavy atom. The van der Waals surface area contributed by atoms with Gasteiger partial charge in [-0.05, 0) is 26.0 Å². The van der Waals surface area contributed by atoms with Crippen LogP contribution in [-0.2, 0) is 4.79 Å². The number of thiophene rings is 1. The van der Waals surface area contributed by atoms with Gasteiger partial charge in [0.25, 0.3) is 0 Å². The van der Waals surface area contributed by atoms with Gasteiger partial charge in [0, 0.05) is 11.0 Å². The van der Waals surface area contributed by atoms with E-state index in [1.54, 1.807) is 6.08 Å². The van der Waals surface area contributed by atoms with Crippen LogP contribution in [0.3, 0.4) is 0 Å². The lowest BCUT2D eigenvalue weighted by molar-refractivity contribution is -0.131. The van der Waals surface area contributed by atoms with Crippen LogP contribution in [0.25, 0.3) is 6.08 Å². The van der Waals surface area contributed by atoms with Crippen molar-refractivity contribution in [3.63, 3.8) is 0 Å². The summed E-state index contributed by atoms with van der Waals surface area (Å²) in [6, 6.07) is 1.91. The first-order chi connectivity index (χ1) is 6.63. The van der Waals surface area contributed by atoms with Gasteiger partial charge < -0.3 is 9.84 Å². The summed E-state index contributed by atoms with van der Waals surface area (Å²) in [5.74, 6) is -0.189. The molecule has 1 heterocycles. The average molecular weight is 212 g/mol. The molecule has 4 heteroatoms. The third-order valence-corrected chi connectivity index (χ3v) is 2.52. The molecular weight excluding hydrogens is 200 g/mol. The minimum Gasteiger partial charge on any atom is -0.492 e. The molecule has 0 spiro atoms. The second-order valence-electron chi connectivity index (χ2n) is 2.69. The summed E-state index contributed by atoms with van der Waals surface area (Å²) in [6.45, 7) is 4.45. The molecular formula is C10H12O3S. The molecule has 0 unspecified atom stereocenters. The van der Waals surface area contributed by atoms with Crippen LogP contribution in [0.2, 0.25) is 0 Å². The molecule has 0 radical (unpaired) electrons. The molecule has 0 saturated carbocycles. The third kappa shape index (κ3) is 2.88. The Balaban J connectivity index is 2.89. The van der Waals surface area contributed by atoms with Crippen LogP contribution in [0.4, 0.5) is 0 Å². The smallest absolute Gasteiger partial charge is 0.328 e. The maximum Gasteiger partial charge on any atom is 0.328 e. The lowest BCUT2D eigenvalue weighted by Crippen LogP contribution is -1.91. The van der Waals surface area contributed by atoms with E-state index in [4.69, 9.17) is 9.84 Å². The first-order valence-corrected chi connectivity index (χ1v) is 5.09. The van der Waals surface area contributed by atoms with Gasteiger partial charge in [0.2, 0.25) is 0 Å². The largest absolute Gasteiger partial charge is 0.492 e. The number of ether oxygens (including phenoxy) is 1. The van der Waals surface area contributed by atoms with Crippen molar-refractivity contribution in [2.24, 2.45) is 0 Å². The van der Waals surface area contributed by atoms with Crippen molar-refractivity contribution in [1.82, 2.24) is 0 Å². The third-order valence-electron chi connectivity index (χ3n) is 1.53. The molecule has 0 fully saturated rings. The number of hydrogen-bond donors (Lipinski definition) is 1. The van der Waals surface area contributed by atoms with E-state index < -0.39 is 5.97 Å². The highest BCUT2D eigenvalue weighted by molar-refractivity contribution is 7.13. The second kappa shape index (κ2) is 4.81. The SMILES string of the molecule is CCOc1cc(C)sc1/C=C/C(=O)O. The number of aliphatic carboxylic acids is 1. The number of aryl methyl sites for hydroxylation is 1. The van der Waals surface area contributed by atoms with Crippen molar-refractivity contribution in [2.75, 3.05) is 6.61 Å². The molecule has 1 aromatic rings. The molecule has 0 saturated heterocycles. The van der Waals surface area contributed by atoms with Gasteiger partial charge in [-0.15, -0.1) is 11.3 Å². The van der Waals surface area contributed by atoms with Gasteiger partial charge in [-0.25, -0.2) is 4.79 Å². The molecule has 1 rings (SSSR count). The summed E-state index contributed by atoms with van der Waals surface area (Å²) in [4.78, 5) is 12.3. The van der Waals surface area contributed by atoms with E-state index >= 15 is 0 Å². The van der Waals surface area contributed by atoms with Gasteiger partial charge in [0.15, 0.2) is 0 Å². The Bertz CT molecular complexity index is 352. The lowest BCUT2D eigenvalue weighted by Gasteiger charge is -1.99. The van der Waals surface area contributed by atoms with E-state index in [9.17, 15) is 4.79 Å². The fourth-order valence-electron chi connectivity index (χ4n) is 1.04. The van der Waals surface area contributed by atoms with Gasteiger partial charge >= 0.3 is 5.97 Å². The van der Waals surface area contributed by atoms with E-state index in [0.717, 1.165) is 21.6 Å². The van der Waals surface area contributed by atoms with Crippen molar-refractivity contribution >= 4 is 23.4 Å². The first kappa shape index (κ1) is 10.8. The van der Waals surface area contributed by atoms with Gasteiger partial charge in [-0.3, -0.25) is 0 Å². The van der Waals surface area contributed by atoms with Gasteiger partial charge in [-0.1, -0.05) is 0 Å². The van der Waals surface area contributed by atoms with Crippen molar-refractivity contribution in [2.45, 2.75) is 13.8 Å².